The van der Waals surface area contributed by atoms with Crippen LogP contribution in [0.5, 0.6) is 0 Å². The first kappa shape index (κ1) is 28.5. The number of ether oxygens (including phenoxy) is 1. The van der Waals surface area contributed by atoms with Gasteiger partial charge in [0.15, 0.2) is 23.1 Å². The maximum Gasteiger partial charge on any atom is 0.490 e. The number of fused-ring (bicyclic) bond motifs is 1. The fraction of sp³-hybridized carbons (Fsp3) is 0.458. The molecule has 0 unspecified atom stereocenters. The molecule has 1 aromatic carbocycles. The van der Waals surface area contributed by atoms with E-state index in [0.717, 1.165) is 5.56 Å². The van der Waals surface area contributed by atoms with Gasteiger partial charge in [0, 0.05) is 6.42 Å². The molecule has 210 valence electrons. The van der Waals surface area contributed by atoms with Crippen LogP contribution in [0.15, 0.2) is 36.7 Å². The number of hydrogen-bond donors (Lipinski definition) is 4. The van der Waals surface area contributed by atoms with E-state index in [4.69, 9.17) is 11.6 Å². The summed E-state index contributed by atoms with van der Waals surface area (Å²) >= 11 is 6.17. The number of imidazole rings is 1. The number of amides is 1. The first-order valence-corrected chi connectivity index (χ1v) is 12.5. The molecule has 4 rings (SSSR count). The maximum atomic E-state index is 13.0. The van der Waals surface area contributed by atoms with Crippen LogP contribution in [-0.4, -0.2) is 78.7 Å². The minimum atomic E-state index is -5.30. The highest BCUT2D eigenvalue weighted by molar-refractivity contribution is 6.28. The second-order valence-corrected chi connectivity index (χ2v) is 9.41. The zero-order chi connectivity index (χ0) is 28.3. The summed E-state index contributed by atoms with van der Waals surface area (Å²) < 4.78 is 45.1. The molecule has 39 heavy (non-hydrogen) atoms. The van der Waals surface area contributed by atoms with Crippen molar-refractivity contribution in [1.29, 1.82) is 0 Å². The van der Waals surface area contributed by atoms with Crippen molar-refractivity contribution in [2.24, 2.45) is 0 Å². The lowest BCUT2D eigenvalue weighted by molar-refractivity contribution is -0.209. The Morgan fingerprint density at radius 3 is 2.62 bits per heavy atom. The summed E-state index contributed by atoms with van der Waals surface area (Å²) in [7, 11) is 0. The van der Waals surface area contributed by atoms with Gasteiger partial charge >= 0.3 is 12.1 Å². The predicted octanol–water partition coefficient (Wildman–Crippen LogP) is 2.17. The summed E-state index contributed by atoms with van der Waals surface area (Å²) in [5, 5.41) is 26.1. The topological polar surface area (TPSA) is 151 Å². The van der Waals surface area contributed by atoms with Crippen molar-refractivity contribution in [2.45, 2.75) is 62.7 Å². The van der Waals surface area contributed by atoms with Gasteiger partial charge in [-0.05, 0) is 30.0 Å². The number of alkyl halides is 3. The highest BCUT2D eigenvalue weighted by Crippen LogP contribution is 2.37. The average Bonchev–Trinajstić information content (AvgIpc) is 3.44. The molecule has 1 saturated carbocycles. The quantitative estimate of drug-likeness (QED) is 0.224. The lowest BCUT2D eigenvalue weighted by Crippen LogP contribution is -2.45. The maximum absolute atomic E-state index is 13.0. The van der Waals surface area contributed by atoms with Gasteiger partial charge in [0.1, 0.15) is 6.10 Å². The average molecular weight is 571 g/mol. The van der Waals surface area contributed by atoms with Crippen LogP contribution in [0.25, 0.3) is 11.2 Å². The number of halogens is 4. The van der Waals surface area contributed by atoms with Crippen LogP contribution >= 0.6 is 11.6 Å². The van der Waals surface area contributed by atoms with Gasteiger partial charge in [0.05, 0.1) is 31.1 Å². The molecule has 2 heterocycles. The lowest BCUT2D eigenvalue weighted by Gasteiger charge is -2.24. The molecule has 0 saturated heterocycles. The van der Waals surface area contributed by atoms with Crippen LogP contribution in [0.2, 0.25) is 5.28 Å². The van der Waals surface area contributed by atoms with E-state index in [1.165, 1.54) is 10.9 Å². The normalized spacial score (nSPS) is 22.0. The number of esters is 1. The number of carbonyl (C=O) groups is 2. The molecule has 0 radical (unpaired) electrons. The van der Waals surface area contributed by atoms with Crippen molar-refractivity contribution >= 4 is 40.5 Å². The van der Waals surface area contributed by atoms with E-state index in [-0.39, 0.29) is 41.7 Å². The van der Waals surface area contributed by atoms with E-state index < -0.39 is 48.4 Å². The van der Waals surface area contributed by atoms with Gasteiger partial charge in [0.25, 0.3) is 0 Å². The number of nitrogens with zero attached hydrogens (tertiary/aromatic N) is 4. The zero-order valence-corrected chi connectivity index (χ0v) is 21.4. The van der Waals surface area contributed by atoms with E-state index >= 15 is 0 Å². The highest BCUT2D eigenvalue weighted by Gasteiger charge is 2.51. The Morgan fingerprint density at radius 1 is 1.26 bits per heavy atom. The van der Waals surface area contributed by atoms with Crippen molar-refractivity contribution < 1.29 is 37.7 Å². The molecule has 4 N–H and O–H groups in total. The molecule has 5 atom stereocenters. The molecular weight excluding hydrogens is 545 g/mol. The van der Waals surface area contributed by atoms with Crippen molar-refractivity contribution in [3.63, 3.8) is 0 Å². The second-order valence-electron chi connectivity index (χ2n) is 9.07. The molecule has 2 aromatic heterocycles. The molecule has 1 amide bonds. The van der Waals surface area contributed by atoms with E-state index in [2.05, 4.69) is 30.3 Å². The summed E-state index contributed by atoms with van der Waals surface area (Å²) in [6, 6.07) is 6.78. The van der Waals surface area contributed by atoms with Gasteiger partial charge in [-0.1, -0.05) is 37.3 Å². The Hall–Kier alpha value is -3.49. The van der Waals surface area contributed by atoms with Gasteiger partial charge < -0.3 is 30.2 Å². The third-order valence-electron chi connectivity index (χ3n) is 6.40. The summed E-state index contributed by atoms with van der Waals surface area (Å²) in [5.41, 5.74) is 1.21. The zero-order valence-electron chi connectivity index (χ0n) is 20.6. The molecule has 0 spiro atoms. The van der Waals surface area contributed by atoms with Gasteiger partial charge in [-0.3, -0.25) is 4.79 Å². The number of aliphatic hydroxyl groups is 2. The molecule has 1 fully saturated rings. The summed E-state index contributed by atoms with van der Waals surface area (Å²) in [4.78, 5) is 36.3. The molecular formula is C24H26ClF3N6O5. The first-order chi connectivity index (χ1) is 18.5. The Bertz CT molecular complexity index is 1320. The van der Waals surface area contributed by atoms with E-state index in [1.54, 1.807) is 6.92 Å². The second kappa shape index (κ2) is 11.7. The minimum Gasteiger partial charge on any atom is -0.451 e. The van der Waals surface area contributed by atoms with Crippen LogP contribution in [0.1, 0.15) is 31.4 Å². The highest BCUT2D eigenvalue weighted by atomic mass is 35.5. The number of carbonyl (C=O) groups excluding carboxylic acids is 2. The lowest BCUT2D eigenvalue weighted by atomic mass is 10.1. The molecule has 0 bridgehead atoms. The third kappa shape index (κ3) is 6.40. The number of benzene rings is 1. The predicted molar refractivity (Wildman–Crippen MR) is 133 cm³/mol. The number of hydrogen-bond acceptors (Lipinski definition) is 9. The van der Waals surface area contributed by atoms with Crippen LogP contribution < -0.4 is 10.6 Å². The van der Waals surface area contributed by atoms with Gasteiger partial charge in [0.2, 0.25) is 11.2 Å². The Kier molecular flexibility index (Phi) is 8.57. The molecule has 0 aliphatic heterocycles. The Labute approximate surface area is 225 Å². The summed E-state index contributed by atoms with van der Waals surface area (Å²) in [6.07, 6.45) is -6.97. The Morgan fingerprint density at radius 2 is 1.97 bits per heavy atom. The number of rotatable bonds is 9. The molecule has 1 aliphatic carbocycles. The van der Waals surface area contributed by atoms with Crippen molar-refractivity contribution in [2.75, 3.05) is 11.9 Å². The van der Waals surface area contributed by atoms with Gasteiger partial charge in [-0.2, -0.15) is 23.1 Å². The van der Waals surface area contributed by atoms with Crippen molar-refractivity contribution in [3.05, 3.63) is 47.5 Å². The minimum absolute atomic E-state index is 0.0712. The molecule has 1 aliphatic rings. The summed E-state index contributed by atoms with van der Waals surface area (Å²) in [6.45, 7) is 1.31. The van der Waals surface area contributed by atoms with Gasteiger partial charge in [-0.15, -0.1) is 0 Å². The SMILES string of the molecule is CCC(=O)N[C@H]1C[C@@H](n2cnc3c(N[C@H](CO)Cc4ccccc4)nc(Cl)nc32)[C@H](OC(=O)C(F)(F)F)[C@@H]1O. The van der Waals surface area contributed by atoms with Crippen molar-refractivity contribution in [3.8, 4) is 0 Å². The molecule has 11 nitrogen and oxygen atoms in total. The monoisotopic (exact) mass is 570 g/mol. The number of aromatic nitrogens is 4. The number of nitrogens with one attached hydrogen (secondary N) is 2. The van der Waals surface area contributed by atoms with E-state index in [0.29, 0.717) is 6.42 Å². The smallest absolute Gasteiger partial charge is 0.451 e. The number of aliphatic hydroxyl groups excluding tert-OH is 2. The van der Waals surface area contributed by atoms with Gasteiger partial charge in [-0.25, -0.2) is 9.78 Å². The number of anilines is 1. The fourth-order valence-electron chi connectivity index (χ4n) is 4.54. The largest absolute Gasteiger partial charge is 0.490 e. The third-order valence-corrected chi connectivity index (χ3v) is 6.57. The van der Waals surface area contributed by atoms with Crippen LogP contribution in [0, 0.1) is 0 Å². The standard InChI is InChI=1S/C24H26ClF3N6O5/c1-2-16(36)31-14-9-15(19(18(14)37)39-22(38)24(26,27)28)34-11-29-17-20(32-23(25)33-21(17)34)30-13(10-35)8-12-6-4-3-5-7-12/h3-7,11,13-15,18-19,35,37H,2,8-10H2,1H3,(H,31,36)(H,30,32,33)/t13-,14-,15+,18+,19-/m0/s1. The molecule has 15 heteroatoms. The van der Waals surface area contributed by atoms with E-state index in [1.807, 2.05) is 30.3 Å². The van der Waals surface area contributed by atoms with Crippen LogP contribution in [-0.2, 0) is 20.7 Å². The fourth-order valence-corrected chi connectivity index (χ4v) is 4.71. The summed E-state index contributed by atoms with van der Waals surface area (Å²) in [5.74, 6) is -2.76. The molecule has 3 aromatic rings. The van der Waals surface area contributed by atoms with E-state index in [9.17, 15) is 33.0 Å². The Balaban J connectivity index is 1.68. The first-order valence-electron chi connectivity index (χ1n) is 12.1. The van der Waals surface area contributed by atoms with Crippen molar-refractivity contribution in [1.82, 2.24) is 24.8 Å². The van der Waals surface area contributed by atoms with Crippen LogP contribution in [0.4, 0.5) is 19.0 Å². The van der Waals surface area contributed by atoms with Crippen LogP contribution in [0.3, 0.4) is 0 Å².